The minimum Gasteiger partial charge on any atom is -0.493 e. The summed E-state index contributed by atoms with van der Waals surface area (Å²) in [5.74, 6) is 5.75. The van der Waals surface area contributed by atoms with Gasteiger partial charge in [0.15, 0.2) is 23.0 Å². The number of rotatable bonds is 6. The Kier molecular flexibility index (Phi) is 6.38. The lowest BCUT2D eigenvalue weighted by Crippen LogP contribution is -2.34. The van der Waals surface area contributed by atoms with Crippen molar-refractivity contribution in [3.63, 3.8) is 0 Å². The first-order valence-corrected chi connectivity index (χ1v) is 9.70. The van der Waals surface area contributed by atoms with Crippen LogP contribution in [0.15, 0.2) is 28.7 Å². The number of hydrogen-bond acceptors (Lipinski definition) is 5. The molecule has 5 nitrogen and oxygen atoms in total. The van der Waals surface area contributed by atoms with Gasteiger partial charge in [0.25, 0.3) is 0 Å². The molecule has 0 saturated heterocycles. The van der Waals surface area contributed by atoms with Crippen LogP contribution in [-0.2, 0) is 13.0 Å². The Hall–Kier alpha value is -2.36. The van der Waals surface area contributed by atoms with E-state index in [0.717, 1.165) is 34.3 Å². The van der Waals surface area contributed by atoms with Crippen molar-refractivity contribution >= 4 is 15.9 Å². The Bertz CT molecular complexity index is 906. The number of methoxy groups -OCH3 is 4. The first-order chi connectivity index (χ1) is 13.6. The molecule has 3 rings (SSSR count). The summed E-state index contributed by atoms with van der Waals surface area (Å²) >= 11 is 3.64. The summed E-state index contributed by atoms with van der Waals surface area (Å²) in [4.78, 5) is 2.28. The summed E-state index contributed by atoms with van der Waals surface area (Å²) in [6.45, 7) is 1.53. The summed E-state index contributed by atoms with van der Waals surface area (Å²) < 4.78 is 22.7. The molecule has 0 aliphatic carbocycles. The number of terminal acetylenes is 1. The van der Waals surface area contributed by atoms with E-state index >= 15 is 0 Å². The number of ether oxygens (including phenoxy) is 4. The van der Waals surface area contributed by atoms with Crippen molar-refractivity contribution in [3.8, 4) is 35.3 Å². The van der Waals surface area contributed by atoms with Gasteiger partial charge in [-0.15, -0.1) is 6.42 Å². The largest absolute Gasteiger partial charge is 0.493 e. The summed E-state index contributed by atoms with van der Waals surface area (Å²) in [5, 5.41) is 0. The molecular weight excluding hydrogens is 422 g/mol. The van der Waals surface area contributed by atoms with Crippen LogP contribution >= 0.6 is 15.9 Å². The summed E-state index contributed by atoms with van der Waals surface area (Å²) in [7, 11) is 6.54. The standard InChI is InChI=1S/C22H24BrNO4/c1-6-18-16-11-21(27-4)19(25-2)9-14(16)7-8-24(18)13-15-10-20(26-3)22(28-5)12-17(15)23/h1,9-12,18H,7-8,13H2,2-5H3/t18-/m1/s1. The fraction of sp³-hybridized carbons (Fsp3) is 0.364. The van der Waals surface area contributed by atoms with Gasteiger partial charge in [-0.3, -0.25) is 4.90 Å². The Morgan fingerprint density at radius 3 is 2.14 bits per heavy atom. The van der Waals surface area contributed by atoms with E-state index in [0.29, 0.717) is 23.8 Å². The number of fused-ring (bicyclic) bond motifs is 1. The molecule has 148 valence electrons. The Labute approximate surface area is 174 Å². The van der Waals surface area contributed by atoms with E-state index in [1.165, 1.54) is 5.56 Å². The lowest BCUT2D eigenvalue weighted by atomic mass is 9.91. The van der Waals surface area contributed by atoms with Crippen LogP contribution in [0.3, 0.4) is 0 Å². The van der Waals surface area contributed by atoms with Crippen LogP contribution in [-0.4, -0.2) is 39.9 Å². The molecule has 0 spiro atoms. The minimum atomic E-state index is -0.149. The van der Waals surface area contributed by atoms with Gasteiger partial charge in [0.05, 0.1) is 34.5 Å². The van der Waals surface area contributed by atoms with Crippen molar-refractivity contribution in [2.45, 2.75) is 19.0 Å². The maximum Gasteiger partial charge on any atom is 0.161 e. The molecule has 2 aromatic carbocycles. The molecule has 2 aromatic rings. The zero-order valence-electron chi connectivity index (χ0n) is 16.5. The van der Waals surface area contributed by atoms with Gasteiger partial charge in [0.2, 0.25) is 0 Å². The predicted molar refractivity (Wildman–Crippen MR) is 112 cm³/mol. The number of halogens is 1. The van der Waals surface area contributed by atoms with E-state index in [1.54, 1.807) is 28.4 Å². The van der Waals surface area contributed by atoms with Gasteiger partial charge in [-0.2, -0.15) is 0 Å². The van der Waals surface area contributed by atoms with Crippen LogP contribution in [0.4, 0.5) is 0 Å². The molecule has 0 saturated carbocycles. The van der Waals surface area contributed by atoms with Crippen molar-refractivity contribution in [2.75, 3.05) is 35.0 Å². The van der Waals surface area contributed by atoms with Crippen LogP contribution in [0, 0.1) is 12.3 Å². The van der Waals surface area contributed by atoms with Crippen LogP contribution in [0.5, 0.6) is 23.0 Å². The highest BCUT2D eigenvalue weighted by Crippen LogP contribution is 2.40. The molecule has 0 amide bonds. The van der Waals surface area contributed by atoms with Crippen LogP contribution in [0.25, 0.3) is 0 Å². The molecule has 6 heteroatoms. The first kappa shape index (κ1) is 20.4. The van der Waals surface area contributed by atoms with E-state index in [4.69, 9.17) is 25.4 Å². The SMILES string of the molecule is C#C[C@@H]1c2cc(OC)c(OC)cc2CCN1Cc1cc(OC)c(OC)cc1Br. The van der Waals surface area contributed by atoms with Gasteiger partial charge >= 0.3 is 0 Å². The average Bonchev–Trinajstić information content (AvgIpc) is 2.73. The number of benzene rings is 2. The van der Waals surface area contributed by atoms with Crippen LogP contribution in [0.1, 0.15) is 22.7 Å². The molecule has 1 atom stereocenters. The molecule has 0 unspecified atom stereocenters. The fourth-order valence-corrected chi connectivity index (χ4v) is 4.05. The van der Waals surface area contributed by atoms with Crippen molar-refractivity contribution < 1.29 is 18.9 Å². The van der Waals surface area contributed by atoms with E-state index in [-0.39, 0.29) is 6.04 Å². The molecular formula is C22H24BrNO4. The number of nitrogens with zero attached hydrogens (tertiary/aromatic N) is 1. The van der Waals surface area contributed by atoms with Gasteiger partial charge in [0, 0.05) is 17.6 Å². The van der Waals surface area contributed by atoms with Crippen molar-refractivity contribution in [1.29, 1.82) is 0 Å². The van der Waals surface area contributed by atoms with Gasteiger partial charge in [0.1, 0.15) is 0 Å². The van der Waals surface area contributed by atoms with Gasteiger partial charge in [-0.25, -0.2) is 0 Å². The van der Waals surface area contributed by atoms with Gasteiger partial charge in [-0.1, -0.05) is 21.9 Å². The van der Waals surface area contributed by atoms with Crippen molar-refractivity contribution in [1.82, 2.24) is 4.90 Å². The summed E-state index contributed by atoms with van der Waals surface area (Å²) in [5.41, 5.74) is 3.37. The Morgan fingerprint density at radius 2 is 1.54 bits per heavy atom. The van der Waals surface area contributed by atoms with Crippen molar-refractivity contribution in [2.24, 2.45) is 0 Å². The molecule has 0 N–H and O–H groups in total. The molecule has 0 fully saturated rings. The average molecular weight is 446 g/mol. The highest BCUT2D eigenvalue weighted by Gasteiger charge is 2.28. The first-order valence-electron chi connectivity index (χ1n) is 8.91. The van der Waals surface area contributed by atoms with E-state index in [1.807, 2.05) is 24.3 Å². The highest BCUT2D eigenvalue weighted by atomic mass is 79.9. The quantitative estimate of drug-likeness (QED) is 0.622. The van der Waals surface area contributed by atoms with Gasteiger partial charge in [-0.05, 0) is 47.4 Å². The zero-order chi connectivity index (χ0) is 20.3. The minimum absolute atomic E-state index is 0.149. The van der Waals surface area contributed by atoms with E-state index in [9.17, 15) is 0 Å². The van der Waals surface area contributed by atoms with E-state index in [2.05, 4.69) is 26.8 Å². The topological polar surface area (TPSA) is 40.2 Å². The Balaban J connectivity index is 1.94. The van der Waals surface area contributed by atoms with E-state index < -0.39 is 0 Å². The third kappa shape index (κ3) is 3.78. The monoisotopic (exact) mass is 445 g/mol. The Morgan fingerprint density at radius 1 is 0.964 bits per heavy atom. The second-order valence-corrected chi connectivity index (χ2v) is 7.35. The maximum absolute atomic E-state index is 5.94. The van der Waals surface area contributed by atoms with Crippen LogP contribution in [0.2, 0.25) is 0 Å². The third-order valence-corrected chi connectivity index (χ3v) is 5.80. The number of hydrogen-bond donors (Lipinski definition) is 0. The highest BCUT2D eigenvalue weighted by molar-refractivity contribution is 9.10. The predicted octanol–water partition coefficient (Wildman–Crippen LogP) is 4.22. The molecule has 28 heavy (non-hydrogen) atoms. The zero-order valence-corrected chi connectivity index (χ0v) is 18.1. The molecule has 1 heterocycles. The van der Waals surface area contributed by atoms with Crippen molar-refractivity contribution in [3.05, 3.63) is 45.4 Å². The second kappa shape index (κ2) is 8.76. The van der Waals surface area contributed by atoms with Gasteiger partial charge < -0.3 is 18.9 Å². The fourth-order valence-electron chi connectivity index (χ4n) is 3.60. The molecule has 0 radical (unpaired) electrons. The molecule has 0 bridgehead atoms. The lowest BCUT2D eigenvalue weighted by molar-refractivity contribution is 0.215. The third-order valence-electron chi connectivity index (χ3n) is 5.06. The second-order valence-electron chi connectivity index (χ2n) is 6.49. The maximum atomic E-state index is 5.94. The summed E-state index contributed by atoms with van der Waals surface area (Å²) in [6, 6.07) is 7.78. The van der Waals surface area contributed by atoms with Crippen LogP contribution < -0.4 is 18.9 Å². The molecule has 1 aliphatic rings. The normalized spacial score (nSPS) is 16.1. The lowest BCUT2D eigenvalue weighted by Gasteiger charge is -2.35. The molecule has 1 aliphatic heterocycles. The molecule has 0 aromatic heterocycles. The smallest absolute Gasteiger partial charge is 0.161 e. The summed E-state index contributed by atoms with van der Waals surface area (Å²) in [6.07, 6.45) is 6.83.